The van der Waals surface area contributed by atoms with Crippen molar-refractivity contribution >= 4 is 17.5 Å². The van der Waals surface area contributed by atoms with Gasteiger partial charge in [0, 0.05) is 24.6 Å². The summed E-state index contributed by atoms with van der Waals surface area (Å²) in [5, 5.41) is 6.09. The van der Waals surface area contributed by atoms with Gasteiger partial charge < -0.3 is 15.4 Å². The molecule has 0 radical (unpaired) electrons. The highest BCUT2D eigenvalue weighted by molar-refractivity contribution is 6.04. The van der Waals surface area contributed by atoms with Gasteiger partial charge >= 0.3 is 0 Å². The molecule has 6 heteroatoms. The SMILES string of the molecule is CCc1ccccc1NC(=O)c1cnc(NCCc2ccc(OC)cc2)nc1. The molecular formula is C22H24N4O2. The summed E-state index contributed by atoms with van der Waals surface area (Å²) in [6.07, 6.45) is 4.76. The van der Waals surface area contributed by atoms with Gasteiger partial charge in [0.2, 0.25) is 5.95 Å². The summed E-state index contributed by atoms with van der Waals surface area (Å²) in [6.45, 7) is 2.75. The zero-order chi connectivity index (χ0) is 19.8. The van der Waals surface area contributed by atoms with Crippen molar-refractivity contribution in [2.45, 2.75) is 19.8 Å². The molecular weight excluding hydrogens is 352 g/mol. The number of nitrogens with zero attached hydrogens (tertiary/aromatic N) is 2. The summed E-state index contributed by atoms with van der Waals surface area (Å²) in [7, 11) is 1.65. The lowest BCUT2D eigenvalue weighted by Crippen LogP contribution is -2.15. The quantitative estimate of drug-likeness (QED) is 0.622. The highest BCUT2D eigenvalue weighted by Crippen LogP contribution is 2.16. The number of carbonyl (C=O) groups is 1. The van der Waals surface area contributed by atoms with E-state index in [1.165, 1.54) is 18.0 Å². The van der Waals surface area contributed by atoms with Crippen LogP contribution in [0, 0.1) is 0 Å². The fourth-order valence-electron chi connectivity index (χ4n) is 2.79. The lowest BCUT2D eigenvalue weighted by molar-refractivity contribution is 0.102. The Hall–Kier alpha value is -3.41. The number of ether oxygens (including phenoxy) is 1. The first kappa shape index (κ1) is 19.4. The second kappa shape index (κ2) is 9.50. The molecule has 0 unspecified atom stereocenters. The third kappa shape index (κ3) is 5.07. The van der Waals surface area contributed by atoms with Crippen molar-refractivity contribution < 1.29 is 9.53 Å². The van der Waals surface area contributed by atoms with Gasteiger partial charge in [-0.15, -0.1) is 0 Å². The highest BCUT2D eigenvalue weighted by Gasteiger charge is 2.09. The number of nitrogens with one attached hydrogen (secondary N) is 2. The van der Waals surface area contributed by atoms with Crippen LogP contribution in [-0.2, 0) is 12.8 Å². The average molecular weight is 376 g/mol. The molecule has 0 bridgehead atoms. The summed E-state index contributed by atoms with van der Waals surface area (Å²) < 4.78 is 5.16. The first-order valence-corrected chi connectivity index (χ1v) is 9.27. The number of hydrogen-bond acceptors (Lipinski definition) is 5. The molecule has 2 aromatic carbocycles. The molecule has 0 saturated heterocycles. The van der Waals surface area contributed by atoms with E-state index in [-0.39, 0.29) is 5.91 Å². The number of para-hydroxylation sites is 1. The van der Waals surface area contributed by atoms with Crippen molar-refractivity contribution in [2.75, 3.05) is 24.3 Å². The van der Waals surface area contributed by atoms with Crippen molar-refractivity contribution in [3.8, 4) is 5.75 Å². The molecule has 0 aliphatic carbocycles. The largest absolute Gasteiger partial charge is 0.497 e. The van der Waals surface area contributed by atoms with Gasteiger partial charge in [-0.2, -0.15) is 0 Å². The maximum absolute atomic E-state index is 12.4. The van der Waals surface area contributed by atoms with Crippen LogP contribution in [0.25, 0.3) is 0 Å². The maximum Gasteiger partial charge on any atom is 0.258 e. The van der Waals surface area contributed by atoms with E-state index >= 15 is 0 Å². The predicted molar refractivity (Wildman–Crippen MR) is 111 cm³/mol. The zero-order valence-corrected chi connectivity index (χ0v) is 16.1. The van der Waals surface area contributed by atoms with Gasteiger partial charge in [-0.05, 0) is 42.2 Å². The number of aryl methyl sites for hydroxylation is 1. The Labute approximate surface area is 165 Å². The molecule has 0 aliphatic rings. The third-order valence-electron chi connectivity index (χ3n) is 4.42. The number of aromatic nitrogens is 2. The van der Waals surface area contributed by atoms with E-state index < -0.39 is 0 Å². The average Bonchev–Trinajstić information content (AvgIpc) is 2.75. The third-order valence-corrected chi connectivity index (χ3v) is 4.42. The number of benzene rings is 2. The minimum atomic E-state index is -0.217. The first-order valence-electron chi connectivity index (χ1n) is 9.27. The Kier molecular flexibility index (Phi) is 6.57. The van der Waals surface area contributed by atoms with E-state index in [1.807, 2.05) is 48.5 Å². The molecule has 6 nitrogen and oxygen atoms in total. The standard InChI is InChI=1S/C22H24N4O2/c1-3-17-6-4-5-7-20(17)26-21(27)18-14-24-22(25-15-18)23-13-12-16-8-10-19(28-2)11-9-16/h4-11,14-15H,3,12-13H2,1-2H3,(H,26,27)(H,23,24,25). The van der Waals surface area contributed by atoms with E-state index in [0.717, 1.165) is 29.8 Å². The van der Waals surface area contributed by atoms with Gasteiger partial charge in [-0.25, -0.2) is 9.97 Å². The van der Waals surface area contributed by atoms with Crippen LogP contribution < -0.4 is 15.4 Å². The Morgan fingerprint density at radius 3 is 2.43 bits per heavy atom. The minimum Gasteiger partial charge on any atom is -0.497 e. The van der Waals surface area contributed by atoms with Gasteiger partial charge in [-0.3, -0.25) is 4.79 Å². The summed E-state index contributed by atoms with van der Waals surface area (Å²) in [4.78, 5) is 20.9. The predicted octanol–water partition coefficient (Wildman–Crippen LogP) is 3.95. The van der Waals surface area contributed by atoms with Crippen LogP contribution in [0.15, 0.2) is 60.9 Å². The zero-order valence-electron chi connectivity index (χ0n) is 16.1. The van der Waals surface area contributed by atoms with Crippen molar-refractivity contribution in [1.82, 2.24) is 9.97 Å². The summed E-state index contributed by atoms with van der Waals surface area (Å²) >= 11 is 0. The molecule has 3 rings (SSSR count). The van der Waals surface area contributed by atoms with Gasteiger partial charge in [0.25, 0.3) is 5.91 Å². The van der Waals surface area contributed by atoms with Crippen LogP contribution in [0.5, 0.6) is 5.75 Å². The number of amides is 1. The van der Waals surface area contributed by atoms with Gasteiger partial charge in [-0.1, -0.05) is 37.3 Å². The molecule has 2 N–H and O–H groups in total. The summed E-state index contributed by atoms with van der Waals surface area (Å²) in [6, 6.07) is 15.7. The molecule has 0 atom stereocenters. The van der Waals surface area contributed by atoms with E-state index in [9.17, 15) is 4.79 Å². The van der Waals surface area contributed by atoms with Crippen LogP contribution in [0.2, 0.25) is 0 Å². The van der Waals surface area contributed by atoms with Crippen molar-refractivity contribution in [2.24, 2.45) is 0 Å². The fourth-order valence-corrected chi connectivity index (χ4v) is 2.79. The maximum atomic E-state index is 12.4. The smallest absolute Gasteiger partial charge is 0.258 e. The highest BCUT2D eigenvalue weighted by atomic mass is 16.5. The fraction of sp³-hybridized carbons (Fsp3) is 0.227. The van der Waals surface area contributed by atoms with Gasteiger partial charge in [0.05, 0.1) is 12.7 Å². The van der Waals surface area contributed by atoms with Gasteiger partial charge in [0.1, 0.15) is 5.75 Å². The number of carbonyl (C=O) groups excluding carboxylic acids is 1. The minimum absolute atomic E-state index is 0.217. The molecule has 28 heavy (non-hydrogen) atoms. The monoisotopic (exact) mass is 376 g/mol. The number of methoxy groups -OCH3 is 1. The van der Waals surface area contributed by atoms with Crippen LogP contribution in [0.3, 0.4) is 0 Å². The normalized spacial score (nSPS) is 10.4. The molecule has 0 aliphatic heterocycles. The molecule has 0 spiro atoms. The molecule has 0 saturated carbocycles. The van der Waals surface area contributed by atoms with Crippen molar-refractivity contribution in [3.63, 3.8) is 0 Å². The Balaban J connectivity index is 1.53. The van der Waals surface area contributed by atoms with Crippen LogP contribution >= 0.6 is 0 Å². The second-order valence-corrected chi connectivity index (χ2v) is 6.29. The Bertz CT molecular complexity index is 909. The van der Waals surface area contributed by atoms with Crippen molar-refractivity contribution in [1.29, 1.82) is 0 Å². The number of anilines is 2. The molecule has 3 aromatic rings. The van der Waals surface area contributed by atoms with Crippen LogP contribution in [0.1, 0.15) is 28.4 Å². The van der Waals surface area contributed by atoms with Crippen molar-refractivity contribution in [3.05, 3.63) is 77.6 Å². The second-order valence-electron chi connectivity index (χ2n) is 6.29. The molecule has 1 heterocycles. The van der Waals surface area contributed by atoms with Gasteiger partial charge in [0.15, 0.2) is 0 Å². The lowest BCUT2D eigenvalue weighted by Gasteiger charge is -2.10. The molecule has 144 valence electrons. The van der Waals surface area contributed by atoms with E-state index in [4.69, 9.17) is 4.74 Å². The lowest BCUT2D eigenvalue weighted by atomic mass is 10.1. The number of rotatable bonds is 8. The Morgan fingerprint density at radius 2 is 1.75 bits per heavy atom. The van der Waals surface area contributed by atoms with E-state index in [1.54, 1.807) is 7.11 Å². The summed E-state index contributed by atoms with van der Waals surface area (Å²) in [5.41, 5.74) is 3.52. The number of hydrogen-bond donors (Lipinski definition) is 2. The first-order chi connectivity index (χ1) is 13.7. The Morgan fingerprint density at radius 1 is 1.04 bits per heavy atom. The molecule has 1 amide bonds. The van der Waals surface area contributed by atoms with Crippen LogP contribution in [-0.4, -0.2) is 29.5 Å². The summed E-state index contributed by atoms with van der Waals surface area (Å²) in [5.74, 6) is 1.13. The van der Waals surface area contributed by atoms with E-state index in [0.29, 0.717) is 18.1 Å². The topological polar surface area (TPSA) is 76.1 Å². The van der Waals surface area contributed by atoms with E-state index in [2.05, 4.69) is 27.5 Å². The van der Waals surface area contributed by atoms with Crippen LogP contribution in [0.4, 0.5) is 11.6 Å². The molecule has 1 aromatic heterocycles. The molecule has 0 fully saturated rings.